The van der Waals surface area contributed by atoms with E-state index in [2.05, 4.69) is 9.97 Å². The number of aromatic carboxylic acids is 1. The van der Waals surface area contributed by atoms with Gasteiger partial charge in [0, 0.05) is 16.5 Å². The quantitative estimate of drug-likeness (QED) is 0.853. The molecule has 2 heterocycles. The molecule has 0 unspecified atom stereocenters. The highest BCUT2D eigenvalue weighted by molar-refractivity contribution is 7.19. The Hall–Kier alpha value is -1.27. The summed E-state index contributed by atoms with van der Waals surface area (Å²) in [7, 11) is 0. The first-order valence-corrected chi connectivity index (χ1v) is 5.54. The second kappa shape index (κ2) is 3.47. The number of rotatable bonds is 2. The van der Waals surface area contributed by atoms with E-state index in [1.54, 1.807) is 0 Å². The Morgan fingerprint density at radius 1 is 1.29 bits per heavy atom. The number of aryl methyl sites for hydroxylation is 1. The van der Waals surface area contributed by atoms with Crippen LogP contribution in [0.2, 0.25) is 0 Å². The lowest BCUT2D eigenvalue weighted by molar-refractivity contribution is 0.0691. The highest BCUT2D eigenvalue weighted by Gasteiger charge is 2.11. The van der Waals surface area contributed by atoms with Crippen molar-refractivity contribution in [3.63, 3.8) is 0 Å². The molecule has 0 radical (unpaired) electrons. The fourth-order valence-electron chi connectivity index (χ4n) is 0.922. The van der Waals surface area contributed by atoms with Gasteiger partial charge in [-0.25, -0.2) is 14.8 Å². The minimum absolute atomic E-state index is 0.0813. The van der Waals surface area contributed by atoms with Gasteiger partial charge in [-0.2, -0.15) is 0 Å². The SMILES string of the molecule is Cc1csc(-c2nc(C(=O)O)cs2)n1. The van der Waals surface area contributed by atoms with Gasteiger partial charge in [-0.05, 0) is 6.92 Å². The smallest absolute Gasteiger partial charge is 0.355 e. The molecule has 4 nitrogen and oxygen atoms in total. The number of carbonyl (C=O) groups is 1. The molecule has 14 heavy (non-hydrogen) atoms. The molecule has 0 spiro atoms. The largest absolute Gasteiger partial charge is 0.476 e. The minimum Gasteiger partial charge on any atom is -0.476 e. The third-order valence-electron chi connectivity index (χ3n) is 1.53. The van der Waals surface area contributed by atoms with E-state index >= 15 is 0 Å². The topological polar surface area (TPSA) is 63.1 Å². The number of thiazole rings is 2. The van der Waals surface area contributed by atoms with Gasteiger partial charge in [0.2, 0.25) is 0 Å². The maximum Gasteiger partial charge on any atom is 0.355 e. The van der Waals surface area contributed by atoms with Gasteiger partial charge in [0.15, 0.2) is 15.7 Å². The Balaban J connectivity index is 2.38. The van der Waals surface area contributed by atoms with E-state index in [-0.39, 0.29) is 5.69 Å². The van der Waals surface area contributed by atoms with Gasteiger partial charge in [-0.15, -0.1) is 22.7 Å². The van der Waals surface area contributed by atoms with Crippen LogP contribution in [0.5, 0.6) is 0 Å². The summed E-state index contributed by atoms with van der Waals surface area (Å²) >= 11 is 2.77. The van der Waals surface area contributed by atoms with Crippen LogP contribution in [0, 0.1) is 6.92 Å². The van der Waals surface area contributed by atoms with Crippen LogP contribution in [0.15, 0.2) is 10.8 Å². The number of aromatic nitrogens is 2. The van der Waals surface area contributed by atoms with E-state index in [0.29, 0.717) is 5.01 Å². The summed E-state index contributed by atoms with van der Waals surface area (Å²) in [5.74, 6) is -0.999. The summed E-state index contributed by atoms with van der Waals surface area (Å²) in [4.78, 5) is 18.8. The molecule has 0 fully saturated rings. The van der Waals surface area contributed by atoms with Crippen molar-refractivity contribution in [3.05, 3.63) is 22.1 Å². The molecule has 2 rings (SSSR count). The molecule has 0 aromatic carbocycles. The van der Waals surface area contributed by atoms with Crippen LogP contribution in [-0.4, -0.2) is 21.0 Å². The van der Waals surface area contributed by atoms with Crippen LogP contribution >= 0.6 is 22.7 Å². The Morgan fingerprint density at radius 2 is 1.93 bits per heavy atom. The minimum atomic E-state index is -0.999. The maximum atomic E-state index is 10.6. The lowest BCUT2D eigenvalue weighted by Gasteiger charge is -1.85. The number of carboxylic acid groups (broad SMARTS) is 1. The standard InChI is InChI=1S/C8H6N2O2S2/c1-4-2-13-6(9-4)7-10-5(3-14-7)8(11)12/h2-3H,1H3,(H,11,12). The number of carboxylic acids is 1. The Bertz CT molecular complexity index is 475. The molecule has 0 aliphatic carbocycles. The summed E-state index contributed by atoms with van der Waals surface area (Å²) in [6.45, 7) is 1.89. The van der Waals surface area contributed by atoms with Crippen LogP contribution in [-0.2, 0) is 0 Å². The predicted octanol–water partition coefficient (Wildman–Crippen LogP) is 2.27. The van der Waals surface area contributed by atoms with E-state index in [4.69, 9.17) is 5.11 Å². The summed E-state index contributed by atoms with van der Waals surface area (Å²) < 4.78 is 0. The van der Waals surface area contributed by atoms with E-state index in [0.717, 1.165) is 10.7 Å². The molecular weight excluding hydrogens is 220 g/mol. The van der Waals surface area contributed by atoms with E-state index in [9.17, 15) is 4.79 Å². The average molecular weight is 226 g/mol. The van der Waals surface area contributed by atoms with Crippen LogP contribution in [0.4, 0.5) is 0 Å². The van der Waals surface area contributed by atoms with Gasteiger partial charge in [0.25, 0.3) is 0 Å². The molecule has 0 bridgehead atoms. The van der Waals surface area contributed by atoms with Crippen LogP contribution in [0.3, 0.4) is 0 Å². The molecule has 2 aromatic rings. The Labute approximate surface area is 87.9 Å². The van der Waals surface area contributed by atoms with Crippen molar-refractivity contribution in [1.29, 1.82) is 0 Å². The fourth-order valence-corrected chi connectivity index (χ4v) is 2.56. The number of hydrogen-bond donors (Lipinski definition) is 1. The highest BCUT2D eigenvalue weighted by Crippen LogP contribution is 2.26. The van der Waals surface area contributed by atoms with Crippen LogP contribution in [0.1, 0.15) is 16.2 Å². The second-order valence-corrected chi connectivity index (χ2v) is 4.35. The molecule has 6 heteroatoms. The molecule has 0 saturated carbocycles. The van der Waals surface area contributed by atoms with E-state index < -0.39 is 5.97 Å². The van der Waals surface area contributed by atoms with Crippen molar-refractivity contribution in [2.24, 2.45) is 0 Å². The zero-order chi connectivity index (χ0) is 10.1. The van der Waals surface area contributed by atoms with E-state index in [1.165, 1.54) is 28.1 Å². The van der Waals surface area contributed by atoms with Gasteiger partial charge in [0.1, 0.15) is 0 Å². The number of nitrogens with zero attached hydrogens (tertiary/aromatic N) is 2. The lowest BCUT2D eigenvalue weighted by atomic mass is 10.5. The van der Waals surface area contributed by atoms with Gasteiger partial charge >= 0.3 is 5.97 Å². The van der Waals surface area contributed by atoms with Crippen molar-refractivity contribution >= 4 is 28.6 Å². The summed E-state index contributed by atoms with van der Waals surface area (Å²) in [5.41, 5.74) is 1.01. The van der Waals surface area contributed by atoms with Gasteiger partial charge < -0.3 is 5.11 Å². The molecule has 0 aliphatic heterocycles. The Morgan fingerprint density at radius 3 is 2.43 bits per heavy atom. The summed E-state index contributed by atoms with van der Waals surface area (Å²) in [5, 5.41) is 13.6. The molecule has 0 amide bonds. The first-order valence-electron chi connectivity index (χ1n) is 3.78. The van der Waals surface area contributed by atoms with Gasteiger partial charge in [0.05, 0.1) is 0 Å². The van der Waals surface area contributed by atoms with E-state index in [1.807, 2.05) is 12.3 Å². The number of hydrogen-bond acceptors (Lipinski definition) is 5. The third-order valence-corrected chi connectivity index (χ3v) is 3.47. The molecule has 0 saturated heterocycles. The molecule has 0 atom stereocenters. The first kappa shape index (κ1) is 9.29. The summed E-state index contributed by atoms with van der Waals surface area (Å²) in [6, 6.07) is 0. The van der Waals surface area contributed by atoms with Crippen molar-refractivity contribution in [3.8, 4) is 10.0 Å². The molecule has 1 N–H and O–H groups in total. The molecule has 0 aliphatic rings. The fraction of sp³-hybridized carbons (Fsp3) is 0.125. The monoisotopic (exact) mass is 226 g/mol. The van der Waals surface area contributed by atoms with Crippen molar-refractivity contribution < 1.29 is 9.90 Å². The van der Waals surface area contributed by atoms with Gasteiger partial charge in [-0.1, -0.05) is 0 Å². The van der Waals surface area contributed by atoms with Crippen molar-refractivity contribution in [2.75, 3.05) is 0 Å². The average Bonchev–Trinajstić information content (AvgIpc) is 2.70. The third kappa shape index (κ3) is 1.66. The zero-order valence-electron chi connectivity index (χ0n) is 7.22. The predicted molar refractivity (Wildman–Crippen MR) is 54.9 cm³/mol. The molecular formula is C8H6N2O2S2. The highest BCUT2D eigenvalue weighted by atomic mass is 32.1. The second-order valence-electron chi connectivity index (χ2n) is 2.64. The summed E-state index contributed by atoms with van der Waals surface area (Å²) in [6.07, 6.45) is 0. The van der Waals surface area contributed by atoms with Crippen molar-refractivity contribution in [2.45, 2.75) is 6.92 Å². The molecule has 2 aromatic heterocycles. The maximum absolute atomic E-state index is 10.6. The lowest BCUT2D eigenvalue weighted by Crippen LogP contribution is -1.95. The zero-order valence-corrected chi connectivity index (χ0v) is 8.85. The Kier molecular flexibility index (Phi) is 2.30. The first-order chi connectivity index (χ1) is 6.66. The van der Waals surface area contributed by atoms with Crippen LogP contribution in [0.25, 0.3) is 10.0 Å². The van der Waals surface area contributed by atoms with Gasteiger partial charge in [-0.3, -0.25) is 0 Å². The molecule has 72 valence electrons. The normalized spacial score (nSPS) is 10.4. The van der Waals surface area contributed by atoms with Crippen molar-refractivity contribution in [1.82, 2.24) is 9.97 Å². The van der Waals surface area contributed by atoms with Crippen LogP contribution < -0.4 is 0 Å².